The number of carboxylic acids is 1. The van der Waals surface area contributed by atoms with E-state index in [0.717, 1.165) is 16.7 Å². The summed E-state index contributed by atoms with van der Waals surface area (Å²) < 4.78 is 11.4. The van der Waals surface area contributed by atoms with Gasteiger partial charge in [-0.25, -0.2) is 9.59 Å². The minimum absolute atomic E-state index is 0.0525. The van der Waals surface area contributed by atoms with Crippen molar-refractivity contribution in [1.29, 1.82) is 0 Å². The molecule has 1 fully saturated rings. The summed E-state index contributed by atoms with van der Waals surface area (Å²) in [6.07, 6.45) is 0.0493. The van der Waals surface area contributed by atoms with Gasteiger partial charge in [-0.2, -0.15) is 0 Å². The molecule has 204 valence electrons. The van der Waals surface area contributed by atoms with E-state index in [2.05, 4.69) is 0 Å². The number of ether oxygens (including phenoxy) is 2. The normalized spacial score (nSPS) is 17.1. The second-order valence-electron chi connectivity index (χ2n) is 10.5. The smallest absolute Gasteiger partial charge is 0.415 e. The molecule has 3 aromatic carbocycles. The lowest BCUT2D eigenvalue weighted by molar-refractivity contribution is -0.152. The van der Waals surface area contributed by atoms with Gasteiger partial charge in [0.05, 0.1) is 0 Å². The van der Waals surface area contributed by atoms with E-state index in [-0.39, 0.29) is 18.2 Å². The maximum Gasteiger partial charge on any atom is 0.415 e. The Morgan fingerprint density at radius 1 is 0.974 bits per heavy atom. The molecule has 0 bridgehead atoms. The van der Waals surface area contributed by atoms with Crippen LogP contribution in [-0.4, -0.2) is 46.5 Å². The number of para-hydroxylation sites is 1. The van der Waals surface area contributed by atoms with Crippen LogP contribution < -0.4 is 9.47 Å². The Morgan fingerprint density at radius 3 is 2.18 bits per heavy atom. The SMILES string of the molecule is Cc1cc(C[C@H]2CN(C(=O)Oc3ccccc3)C[C@@H]2C(=O)c2ccc(Cl)cc2)cc(C)c1OC(C)(C)C(=O)O. The Labute approximate surface area is 233 Å². The van der Waals surface area contributed by atoms with Crippen molar-refractivity contribution >= 4 is 29.4 Å². The fraction of sp³-hybridized carbons (Fsp3) is 0.323. The molecule has 1 saturated heterocycles. The van der Waals surface area contributed by atoms with E-state index in [4.69, 9.17) is 21.1 Å². The van der Waals surface area contributed by atoms with Crippen LogP contribution in [0.1, 0.15) is 40.9 Å². The van der Waals surface area contributed by atoms with Gasteiger partial charge in [-0.3, -0.25) is 4.79 Å². The van der Waals surface area contributed by atoms with E-state index < -0.39 is 23.6 Å². The number of nitrogens with zero attached hydrogens (tertiary/aromatic N) is 1. The van der Waals surface area contributed by atoms with Gasteiger partial charge in [0.1, 0.15) is 11.5 Å². The average molecular weight is 550 g/mol. The molecule has 0 saturated carbocycles. The number of amides is 1. The molecule has 3 aromatic rings. The Hall–Kier alpha value is -3.84. The third-order valence-corrected chi connectivity index (χ3v) is 7.26. The van der Waals surface area contributed by atoms with Crippen molar-refractivity contribution in [2.75, 3.05) is 13.1 Å². The summed E-state index contributed by atoms with van der Waals surface area (Å²) in [4.78, 5) is 39.8. The van der Waals surface area contributed by atoms with Gasteiger partial charge >= 0.3 is 12.1 Å². The highest BCUT2D eigenvalue weighted by atomic mass is 35.5. The van der Waals surface area contributed by atoms with E-state index in [1.165, 1.54) is 13.8 Å². The molecule has 1 amide bonds. The second kappa shape index (κ2) is 11.5. The van der Waals surface area contributed by atoms with Gasteiger partial charge in [0.2, 0.25) is 0 Å². The lowest BCUT2D eigenvalue weighted by Gasteiger charge is -2.25. The Morgan fingerprint density at radius 2 is 1.59 bits per heavy atom. The average Bonchev–Trinajstić information content (AvgIpc) is 3.30. The molecular weight excluding hydrogens is 518 g/mol. The number of carboxylic acid groups (broad SMARTS) is 1. The fourth-order valence-electron chi connectivity index (χ4n) is 4.93. The van der Waals surface area contributed by atoms with Crippen molar-refractivity contribution < 1.29 is 29.0 Å². The first-order valence-electron chi connectivity index (χ1n) is 12.8. The standard InChI is InChI=1S/C31H32ClNO6/c1-19-14-21(15-20(2)28(19)39-31(3,4)29(35)36)16-23-17-33(30(37)38-25-8-6-5-7-9-25)18-26(23)27(34)22-10-12-24(32)13-11-22/h5-15,23,26H,16-18H2,1-4H3,(H,35,36)/t23-,26-/m0/s1. The number of rotatable bonds is 8. The number of carbonyl (C=O) groups excluding carboxylic acids is 2. The lowest BCUT2D eigenvalue weighted by atomic mass is 9.84. The quantitative estimate of drug-likeness (QED) is 0.328. The van der Waals surface area contributed by atoms with Crippen molar-refractivity contribution in [2.24, 2.45) is 11.8 Å². The van der Waals surface area contributed by atoms with Gasteiger partial charge in [-0.1, -0.05) is 41.9 Å². The van der Waals surface area contributed by atoms with E-state index >= 15 is 0 Å². The molecule has 2 atom stereocenters. The molecule has 0 spiro atoms. The number of hydrogen-bond acceptors (Lipinski definition) is 5. The van der Waals surface area contributed by atoms with E-state index in [1.54, 1.807) is 53.4 Å². The maximum atomic E-state index is 13.6. The highest BCUT2D eigenvalue weighted by molar-refractivity contribution is 6.30. The summed E-state index contributed by atoms with van der Waals surface area (Å²) >= 11 is 6.03. The minimum atomic E-state index is -1.38. The molecule has 39 heavy (non-hydrogen) atoms. The van der Waals surface area contributed by atoms with E-state index in [9.17, 15) is 19.5 Å². The highest BCUT2D eigenvalue weighted by Gasteiger charge is 2.40. The number of hydrogen-bond donors (Lipinski definition) is 1. The molecule has 0 unspecified atom stereocenters. The van der Waals surface area contributed by atoms with Gasteiger partial charge in [-0.05, 0) is 93.1 Å². The monoisotopic (exact) mass is 549 g/mol. The van der Waals surface area contributed by atoms with Gasteiger partial charge in [0, 0.05) is 29.6 Å². The summed E-state index contributed by atoms with van der Waals surface area (Å²) in [5, 5.41) is 10.0. The fourth-order valence-corrected chi connectivity index (χ4v) is 5.05. The lowest BCUT2D eigenvalue weighted by Crippen LogP contribution is -2.38. The molecular formula is C31H32ClNO6. The zero-order chi connectivity index (χ0) is 28.3. The number of aryl methyl sites for hydroxylation is 2. The van der Waals surface area contributed by atoms with Gasteiger partial charge in [0.15, 0.2) is 11.4 Å². The Bertz CT molecular complexity index is 1350. The molecule has 1 aliphatic rings. The summed E-state index contributed by atoms with van der Waals surface area (Å²) in [7, 11) is 0. The zero-order valence-corrected chi connectivity index (χ0v) is 23.2. The summed E-state index contributed by atoms with van der Waals surface area (Å²) in [6, 6.07) is 19.5. The molecule has 1 N–H and O–H groups in total. The predicted molar refractivity (Wildman–Crippen MR) is 149 cm³/mol. The third kappa shape index (κ3) is 6.60. The first kappa shape index (κ1) is 28.2. The van der Waals surface area contributed by atoms with Crippen LogP contribution in [-0.2, 0) is 11.2 Å². The zero-order valence-electron chi connectivity index (χ0n) is 22.4. The molecule has 7 nitrogen and oxygen atoms in total. The van der Waals surface area contributed by atoms with Crippen LogP contribution in [0.2, 0.25) is 5.02 Å². The number of halogens is 1. The van der Waals surface area contributed by atoms with Crippen LogP contribution in [0.25, 0.3) is 0 Å². The van der Waals surface area contributed by atoms with Gasteiger partial charge < -0.3 is 19.5 Å². The molecule has 0 radical (unpaired) electrons. The molecule has 4 rings (SSSR count). The maximum absolute atomic E-state index is 13.6. The first-order valence-corrected chi connectivity index (χ1v) is 13.2. The van der Waals surface area contributed by atoms with Gasteiger partial charge in [-0.15, -0.1) is 0 Å². The number of carbonyl (C=O) groups is 3. The van der Waals surface area contributed by atoms with Crippen LogP contribution >= 0.6 is 11.6 Å². The minimum Gasteiger partial charge on any atom is -0.478 e. The van der Waals surface area contributed by atoms with Crippen LogP contribution in [0, 0.1) is 25.7 Å². The predicted octanol–water partition coefficient (Wildman–Crippen LogP) is 6.37. The van der Waals surface area contributed by atoms with Crippen molar-refractivity contribution in [2.45, 2.75) is 39.7 Å². The number of likely N-dealkylation sites (tertiary alicyclic amines) is 1. The largest absolute Gasteiger partial charge is 0.478 e. The van der Waals surface area contributed by atoms with E-state index in [1.807, 2.05) is 32.0 Å². The topological polar surface area (TPSA) is 93.1 Å². The van der Waals surface area contributed by atoms with Crippen molar-refractivity contribution in [3.05, 3.63) is 94.0 Å². The Balaban J connectivity index is 1.58. The molecule has 1 aliphatic heterocycles. The summed E-state index contributed by atoms with van der Waals surface area (Å²) in [5.74, 6) is -0.725. The number of Topliss-reactive ketones (excluding diaryl/α,β-unsaturated/α-hetero) is 1. The van der Waals surface area contributed by atoms with Crippen LogP contribution in [0.15, 0.2) is 66.7 Å². The van der Waals surface area contributed by atoms with Crippen molar-refractivity contribution in [3.8, 4) is 11.5 Å². The number of aliphatic carboxylic acids is 1. The van der Waals surface area contributed by atoms with Crippen molar-refractivity contribution in [1.82, 2.24) is 4.90 Å². The van der Waals surface area contributed by atoms with Gasteiger partial charge in [0.25, 0.3) is 0 Å². The van der Waals surface area contributed by atoms with Crippen LogP contribution in [0.4, 0.5) is 4.79 Å². The van der Waals surface area contributed by atoms with Crippen LogP contribution in [0.3, 0.4) is 0 Å². The molecule has 1 heterocycles. The highest BCUT2D eigenvalue weighted by Crippen LogP contribution is 2.34. The summed E-state index contributed by atoms with van der Waals surface area (Å²) in [6.45, 7) is 7.37. The Kier molecular flexibility index (Phi) is 8.31. The van der Waals surface area contributed by atoms with Crippen molar-refractivity contribution in [3.63, 3.8) is 0 Å². The number of benzene rings is 3. The first-order chi connectivity index (χ1) is 18.4. The molecule has 8 heteroatoms. The number of ketones is 1. The van der Waals surface area contributed by atoms with E-state index in [0.29, 0.717) is 35.1 Å². The molecule has 0 aromatic heterocycles. The summed E-state index contributed by atoms with van der Waals surface area (Å²) in [5.41, 5.74) is 1.75. The third-order valence-electron chi connectivity index (χ3n) is 7.00. The second-order valence-corrected chi connectivity index (χ2v) is 10.9. The molecule has 0 aliphatic carbocycles. The van der Waals surface area contributed by atoms with Crippen LogP contribution in [0.5, 0.6) is 11.5 Å².